The summed E-state index contributed by atoms with van der Waals surface area (Å²) in [5.41, 5.74) is 0. The van der Waals surface area contributed by atoms with Gasteiger partial charge in [-0.2, -0.15) is 0 Å². The average Bonchev–Trinajstić information content (AvgIpc) is 2.92. The first-order chi connectivity index (χ1) is 7.24. The molecule has 5 heteroatoms. The van der Waals surface area contributed by atoms with Gasteiger partial charge in [0.2, 0.25) is 5.91 Å². The summed E-state index contributed by atoms with van der Waals surface area (Å²) in [6.07, 6.45) is 3.96. The number of carbonyl (C=O) groups excluding carboxylic acids is 1. The lowest BCUT2D eigenvalue weighted by atomic mass is 10.3. The lowest BCUT2D eigenvalue weighted by Gasteiger charge is -2.27. The van der Waals surface area contributed by atoms with E-state index in [4.69, 9.17) is 11.6 Å². The number of thiazole rings is 1. The van der Waals surface area contributed by atoms with E-state index in [0.717, 1.165) is 17.8 Å². The van der Waals surface area contributed by atoms with Gasteiger partial charge in [0.15, 0.2) is 0 Å². The van der Waals surface area contributed by atoms with E-state index in [1.165, 1.54) is 0 Å². The summed E-state index contributed by atoms with van der Waals surface area (Å²) in [5.74, 6) is 0.0773. The van der Waals surface area contributed by atoms with Crippen molar-refractivity contribution >= 4 is 28.8 Å². The number of amides is 1. The van der Waals surface area contributed by atoms with Crippen molar-refractivity contribution in [2.24, 2.45) is 0 Å². The molecule has 1 aromatic heterocycles. The van der Waals surface area contributed by atoms with Gasteiger partial charge in [-0.05, 0) is 19.8 Å². The largest absolute Gasteiger partial charge is 0.329 e. The Morgan fingerprint density at radius 1 is 1.80 bits per heavy atom. The third-order valence-corrected chi connectivity index (χ3v) is 3.74. The Hall–Kier alpha value is -0.610. The van der Waals surface area contributed by atoms with Gasteiger partial charge in [-0.3, -0.25) is 4.79 Å². The Morgan fingerprint density at radius 3 is 3.00 bits per heavy atom. The smallest absolute Gasteiger partial charge is 0.238 e. The van der Waals surface area contributed by atoms with Crippen LogP contribution < -0.4 is 0 Å². The van der Waals surface area contributed by atoms with Crippen molar-refractivity contribution in [3.8, 4) is 0 Å². The summed E-state index contributed by atoms with van der Waals surface area (Å²) in [6.45, 7) is 2.02. The lowest BCUT2D eigenvalue weighted by molar-refractivity contribution is -0.131. The monoisotopic (exact) mass is 244 g/mol. The van der Waals surface area contributed by atoms with Gasteiger partial charge in [0, 0.05) is 17.6 Å². The Bertz CT molecular complexity index is 337. The van der Waals surface area contributed by atoms with Crippen LogP contribution in [0.25, 0.3) is 0 Å². The molecule has 1 heterocycles. The van der Waals surface area contributed by atoms with E-state index >= 15 is 0 Å². The lowest BCUT2D eigenvalue weighted by Crippen LogP contribution is -2.36. The molecule has 2 rings (SSSR count). The molecule has 0 bridgehead atoms. The van der Waals surface area contributed by atoms with Crippen LogP contribution in [0.1, 0.15) is 30.8 Å². The van der Waals surface area contributed by atoms with E-state index in [9.17, 15) is 4.79 Å². The van der Waals surface area contributed by atoms with Crippen LogP contribution in [-0.2, 0) is 4.79 Å². The first-order valence-electron chi connectivity index (χ1n) is 5.00. The zero-order valence-electron chi connectivity index (χ0n) is 8.52. The van der Waals surface area contributed by atoms with E-state index in [1.54, 1.807) is 17.5 Å². The summed E-state index contributed by atoms with van der Waals surface area (Å²) < 4.78 is 0. The molecule has 0 aromatic carbocycles. The predicted octanol–water partition coefficient (Wildman–Crippen LogP) is 2.43. The fraction of sp³-hybridized carbons (Fsp3) is 0.600. The second kappa shape index (κ2) is 4.49. The molecule has 3 nitrogen and oxygen atoms in total. The highest BCUT2D eigenvalue weighted by Crippen LogP contribution is 2.34. The van der Waals surface area contributed by atoms with Crippen LogP contribution in [0, 0.1) is 0 Å². The predicted molar refractivity (Wildman–Crippen MR) is 61.1 cm³/mol. The highest BCUT2D eigenvalue weighted by Gasteiger charge is 2.36. The molecule has 0 unspecified atom stereocenters. The van der Waals surface area contributed by atoms with E-state index < -0.39 is 0 Å². The minimum absolute atomic E-state index is 0.0156. The van der Waals surface area contributed by atoms with Crippen molar-refractivity contribution in [2.45, 2.75) is 31.8 Å². The second-order valence-corrected chi connectivity index (χ2v) is 4.91. The molecule has 82 valence electrons. The molecule has 0 aliphatic heterocycles. The van der Waals surface area contributed by atoms with Crippen LogP contribution >= 0.6 is 22.9 Å². The highest BCUT2D eigenvalue weighted by molar-refractivity contribution is 7.09. The van der Waals surface area contributed by atoms with E-state index in [1.807, 2.05) is 17.2 Å². The summed E-state index contributed by atoms with van der Waals surface area (Å²) in [5, 5.41) is 2.92. The van der Waals surface area contributed by atoms with Crippen LogP contribution in [0.2, 0.25) is 0 Å². The second-order valence-electron chi connectivity index (χ2n) is 3.71. The quantitative estimate of drug-likeness (QED) is 0.763. The van der Waals surface area contributed by atoms with Gasteiger partial charge in [-0.25, -0.2) is 4.98 Å². The molecule has 15 heavy (non-hydrogen) atoms. The van der Waals surface area contributed by atoms with Gasteiger partial charge in [0.25, 0.3) is 0 Å². The molecule has 0 N–H and O–H groups in total. The zero-order valence-corrected chi connectivity index (χ0v) is 10.1. The topological polar surface area (TPSA) is 33.2 Å². The SMILES string of the molecule is C[C@H](c1nccs1)N(C(=O)CCl)C1CC1. The molecule has 0 radical (unpaired) electrons. The third kappa shape index (κ3) is 2.32. The molecule has 1 fully saturated rings. The summed E-state index contributed by atoms with van der Waals surface area (Å²) in [7, 11) is 0. The number of aromatic nitrogens is 1. The van der Waals surface area contributed by atoms with Gasteiger partial charge in [0.05, 0.1) is 6.04 Å². The number of halogens is 1. The van der Waals surface area contributed by atoms with Gasteiger partial charge in [0.1, 0.15) is 10.9 Å². The number of rotatable bonds is 4. The fourth-order valence-electron chi connectivity index (χ4n) is 1.72. The summed E-state index contributed by atoms with van der Waals surface area (Å²) in [6, 6.07) is 0.443. The number of nitrogens with zero attached hydrogens (tertiary/aromatic N) is 2. The van der Waals surface area contributed by atoms with Crippen LogP contribution in [-0.4, -0.2) is 27.7 Å². The van der Waals surface area contributed by atoms with Gasteiger partial charge < -0.3 is 4.90 Å². The molecule has 0 spiro atoms. The number of hydrogen-bond acceptors (Lipinski definition) is 3. The maximum absolute atomic E-state index is 11.7. The van der Waals surface area contributed by atoms with E-state index in [2.05, 4.69) is 4.98 Å². The number of alkyl halides is 1. The number of carbonyl (C=O) groups is 1. The zero-order chi connectivity index (χ0) is 10.8. The minimum atomic E-state index is 0.0156. The van der Waals surface area contributed by atoms with Crippen molar-refractivity contribution in [3.63, 3.8) is 0 Å². The van der Waals surface area contributed by atoms with Gasteiger partial charge >= 0.3 is 0 Å². The van der Waals surface area contributed by atoms with Crippen LogP contribution in [0.4, 0.5) is 0 Å². The van der Waals surface area contributed by atoms with Crippen LogP contribution in [0.3, 0.4) is 0 Å². The Morgan fingerprint density at radius 2 is 2.53 bits per heavy atom. The Kier molecular flexibility index (Phi) is 3.26. The Labute approximate surface area is 98.1 Å². The molecular weight excluding hydrogens is 232 g/mol. The molecular formula is C10H13ClN2OS. The third-order valence-electron chi connectivity index (χ3n) is 2.57. The first kappa shape index (κ1) is 10.9. The summed E-state index contributed by atoms with van der Waals surface area (Å²) in [4.78, 5) is 17.8. The summed E-state index contributed by atoms with van der Waals surface area (Å²) >= 11 is 7.20. The molecule has 0 saturated heterocycles. The molecule has 1 saturated carbocycles. The van der Waals surface area contributed by atoms with E-state index in [0.29, 0.717) is 6.04 Å². The van der Waals surface area contributed by atoms with Crippen LogP contribution in [0.15, 0.2) is 11.6 Å². The van der Waals surface area contributed by atoms with Gasteiger partial charge in [-0.1, -0.05) is 0 Å². The molecule has 1 aliphatic rings. The van der Waals surface area contributed by atoms with Crippen molar-refractivity contribution < 1.29 is 4.79 Å². The fourth-order valence-corrected chi connectivity index (χ4v) is 2.55. The normalized spacial score (nSPS) is 17.5. The minimum Gasteiger partial charge on any atom is -0.329 e. The van der Waals surface area contributed by atoms with Crippen molar-refractivity contribution in [1.29, 1.82) is 0 Å². The molecule has 1 amide bonds. The molecule has 1 aliphatic carbocycles. The number of hydrogen-bond donors (Lipinski definition) is 0. The Balaban J connectivity index is 2.14. The van der Waals surface area contributed by atoms with Gasteiger partial charge in [-0.15, -0.1) is 22.9 Å². The van der Waals surface area contributed by atoms with Crippen molar-refractivity contribution in [3.05, 3.63) is 16.6 Å². The molecule has 1 aromatic rings. The van der Waals surface area contributed by atoms with E-state index in [-0.39, 0.29) is 17.8 Å². The maximum atomic E-state index is 11.7. The first-order valence-corrected chi connectivity index (χ1v) is 6.42. The van der Waals surface area contributed by atoms with Crippen molar-refractivity contribution in [1.82, 2.24) is 9.88 Å². The maximum Gasteiger partial charge on any atom is 0.238 e. The molecule has 1 atom stereocenters. The average molecular weight is 245 g/mol. The van der Waals surface area contributed by atoms with Crippen molar-refractivity contribution in [2.75, 3.05) is 5.88 Å². The standard InChI is InChI=1S/C10H13ClN2OS/c1-7(10-12-4-5-15-10)13(8-2-3-8)9(14)6-11/h4-5,7-8H,2-3,6H2,1H3/t7-/m1/s1. The van der Waals surface area contributed by atoms with Crippen LogP contribution in [0.5, 0.6) is 0 Å². The highest BCUT2D eigenvalue weighted by atomic mass is 35.5.